The van der Waals surface area contributed by atoms with Crippen LogP contribution in [0.4, 0.5) is 5.69 Å². The summed E-state index contributed by atoms with van der Waals surface area (Å²) >= 11 is 5.85. The molecular formula is C16H18ClN3O7. The summed E-state index contributed by atoms with van der Waals surface area (Å²) in [5, 5.41) is 10.7. The van der Waals surface area contributed by atoms with Crippen molar-refractivity contribution in [3.05, 3.63) is 38.9 Å². The van der Waals surface area contributed by atoms with Gasteiger partial charge in [0.25, 0.3) is 11.6 Å². The Morgan fingerprint density at radius 2 is 2.00 bits per heavy atom. The number of hydrogen-bond acceptors (Lipinski definition) is 7. The largest absolute Gasteiger partial charge is 0.452 e. The summed E-state index contributed by atoms with van der Waals surface area (Å²) in [4.78, 5) is 49.1. The Hall–Kier alpha value is -2.72. The third kappa shape index (κ3) is 5.63. The van der Waals surface area contributed by atoms with Crippen LogP contribution in [0.1, 0.15) is 10.4 Å². The van der Waals surface area contributed by atoms with Gasteiger partial charge < -0.3 is 19.3 Å². The lowest BCUT2D eigenvalue weighted by Gasteiger charge is -2.28. The minimum atomic E-state index is -0.968. The number of nitrogens with zero attached hydrogens (tertiary/aromatic N) is 3. The van der Waals surface area contributed by atoms with Gasteiger partial charge in [0.15, 0.2) is 6.61 Å². The number of carbonyl (C=O) groups is 3. The molecule has 10 nitrogen and oxygen atoms in total. The van der Waals surface area contributed by atoms with E-state index in [0.717, 1.165) is 17.0 Å². The molecule has 0 aromatic heterocycles. The molecule has 0 atom stereocenters. The van der Waals surface area contributed by atoms with Gasteiger partial charge in [-0.25, -0.2) is 4.79 Å². The average molecular weight is 400 g/mol. The van der Waals surface area contributed by atoms with E-state index >= 15 is 0 Å². The molecule has 0 unspecified atom stereocenters. The number of esters is 1. The highest BCUT2D eigenvalue weighted by molar-refractivity contribution is 6.33. The van der Waals surface area contributed by atoms with Gasteiger partial charge in [0, 0.05) is 32.3 Å². The Labute approximate surface area is 159 Å². The van der Waals surface area contributed by atoms with E-state index in [-0.39, 0.29) is 28.7 Å². The van der Waals surface area contributed by atoms with Crippen LogP contribution in [0.2, 0.25) is 5.02 Å². The number of non-ortho nitro benzene ring substituents is 1. The zero-order chi connectivity index (χ0) is 20.0. The fourth-order valence-corrected chi connectivity index (χ4v) is 2.50. The van der Waals surface area contributed by atoms with Crippen LogP contribution in [0, 0.1) is 10.1 Å². The van der Waals surface area contributed by atoms with Crippen molar-refractivity contribution < 1.29 is 28.8 Å². The van der Waals surface area contributed by atoms with Crippen molar-refractivity contribution in [2.75, 3.05) is 46.5 Å². The maximum Gasteiger partial charge on any atom is 0.340 e. The number of benzene rings is 1. The number of nitro benzene ring substituents is 1. The molecule has 0 spiro atoms. The molecule has 1 aliphatic rings. The quantitative estimate of drug-likeness (QED) is 0.392. The van der Waals surface area contributed by atoms with Crippen LogP contribution in [0.25, 0.3) is 0 Å². The van der Waals surface area contributed by atoms with E-state index in [0.29, 0.717) is 26.3 Å². The van der Waals surface area contributed by atoms with Gasteiger partial charge in [0.2, 0.25) is 5.91 Å². The normalized spacial score (nSPS) is 13.8. The molecule has 146 valence electrons. The van der Waals surface area contributed by atoms with Crippen molar-refractivity contribution >= 4 is 35.1 Å². The number of amides is 2. The first-order valence-electron chi connectivity index (χ1n) is 8.00. The summed E-state index contributed by atoms with van der Waals surface area (Å²) in [5.41, 5.74) is -0.545. The Morgan fingerprint density at radius 1 is 1.33 bits per heavy atom. The summed E-state index contributed by atoms with van der Waals surface area (Å²) in [6.07, 6.45) is 0. The molecule has 11 heteroatoms. The first-order valence-corrected chi connectivity index (χ1v) is 8.38. The number of likely N-dealkylation sites (N-methyl/N-ethyl adjacent to an activating group) is 1. The number of halogens is 1. The van der Waals surface area contributed by atoms with Gasteiger partial charge >= 0.3 is 5.97 Å². The van der Waals surface area contributed by atoms with Gasteiger partial charge in [-0.3, -0.25) is 19.7 Å². The van der Waals surface area contributed by atoms with Crippen LogP contribution in [0.15, 0.2) is 18.2 Å². The minimum absolute atomic E-state index is 0.0334. The molecule has 0 N–H and O–H groups in total. The molecule has 1 aliphatic heterocycles. The highest BCUT2D eigenvalue weighted by atomic mass is 35.5. The molecule has 0 radical (unpaired) electrons. The SMILES string of the molecule is CN(CC(=O)N1CCOCC1)C(=O)COC(=O)c1cc([N+](=O)[O-])ccc1Cl. The van der Waals surface area contributed by atoms with Gasteiger partial charge in [0.1, 0.15) is 0 Å². The molecule has 2 amide bonds. The fourth-order valence-electron chi connectivity index (χ4n) is 2.30. The van der Waals surface area contributed by atoms with Crippen molar-refractivity contribution in [2.24, 2.45) is 0 Å². The van der Waals surface area contributed by atoms with Crippen molar-refractivity contribution in [3.8, 4) is 0 Å². The lowest BCUT2D eigenvalue weighted by Crippen LogP contribution is -2.46. The number of carbonyl (C=O) groups excluding carboxylic acids is 3. The summed E-state index contributed by atoms with van der Waals surface area (Å²) < 4.78 is 10.0. The maximum atomic E-state index is 12.1. The molecule has 1 saturated heterocycles. The van der Waals surface area contributed by atoms with Crippen LogP contribution in [0.5, 0.6) is 0 Å². The molecule has 2 rings (SSSR count). The van der Waals surface area contributed by atoms with Crippen LogP contribution in [-0.4, -0.2) is 79.0 Å². The number of hydrogen-bond donors (Lipinski definition) is 0. The lowest BCUT2D eigenvalue weighted by atomic mass is 10.2. The second-order valence-corrected chi connectivity index (χ2v) is 6.15. The van der Waals surface area contributed by atoms with E-state index in [1.807, 2.05) is 0 Å². The summed E-state index contributed by atoms with van der Waals surface area (Å²) in [6, 6.07) is 3.32. The van der Waals surface area contributed by atoms with Gasteiger partial charge in [-0.1, -0.05) is 11.6 Å². The highest BCUT2D eigenvalue weighted by Crippen LogP contribution is 2.22. The first-order chi connectivity index (χ1) is 12.8. The third-order valence-corrected chi connectivity index (χ3v) is 4.20. The number of ether oxygens (including phenoxy) is 2. The Balaban J connectivity index is 1.88. The van der Waals surface area contributed by atoms with Crippen molar-refractivity contribution in [1.82, 2.24) is 9.80 Å². The number of nitro groups is 1. The van der Waals surface area contributed by atoms with E-state index in [2.05, 4.69) is 0 Å². The number of rotatable bonds is 6. The third-order valence-electron chi connectivity index (χ3n) is 3.87. The maximum absolute atomic E-state index is 12.1. The Bertz CT molecular complexity index is 750. The monoisotopic (exact) mass is 399 g/mol. The molecule has 1 aromatic rings. The molecule has 1 heterocycles. The highest BCUT2D eigenvalue weighted by Gasteiger charge is 2.22. The van der Waals surface area contributed by atoms with Crippen molar-refractivity contribution in [1.29, 1.82) is 0 Å². The van der Waals surface area contributed by atoms with Gasteiger partial charge in [0.05, 0.1) is 35.3 Å². The molecule has 0 bridgehead atoms. The standard InChI is InChI=1S/C16H18ClN3O7/c1-18(9-14(21)19-4-6-26-7-5-19)15(22)10-27-16(23)12-8-11(20(24)25)2-3-13(12)17/h2-3,8H,4-7,9-10H2,1H3. The second-order valence-electron chi connectivity index (χ2n) is 5.74. The first kappa shape index (κ1) is 20.6. The predicted molar refractivity (Wildman–Crippen MR) is 93.4 cm³/mol. The molecule has 0 saturated carbocycles. The summed E-state index contributed by atoms with van der Waals surface area (Å²) in [6.45, 7) is 1.04. The van der Waals surface area contributed by atoms with Crippen molar-refractivity contribution in [2.45, 2.75) is 0 Å². The predicted octanol–water partition coefficient (Wildman–Crippen LogP) is 0.722. The molecular weight excluding hydrogens is 382 g/mol. The van der Waals surface area contributed by atoms with Crippen LogP contribution < -0.4 is 0 Å². The zero-order valence-corrected chi connectivity index (χ0v) is 15.3. The minimum Gasteiger partial charge on any atom is -0.452 e. The summed E-state index contributed by atoms with van der Waals surface area (Å²) in [7, 11) is 1.41. The lowest BCUT2D eigenvalue weighted by molar-refractivity contribution is -0.384. The number of morpholine rings is 1. The molecule has 1 aromatic carbocycles. The molecule has 1 fully saturated rings. The van der Waals surface area contributed by atoms with E-state index in [1.165, 1.54) is 13.1 Å². The van der Waals surface area contributed by atoms with E-state index in [1.54, 1.807) is 4.90 Å². The van der Waals surface area contributed by atoms with Crippen LogP contribution in [-0.2, 0) is 19.1 Å². The van der Waals surface area contributed by atoms with E-state index in [9.17, 15) is 24.5 Å². The smallest absolute Gasteiger partial charge is 0.340 e. The van der Waals surface area contributed by atoms with Crippen LogP contribution >= 0.6 is 11.6 Å². The van der Waals surface area contributed by atoms with E-state index < -0.39 is 23.4 Å². The van der Waals surface area contributed by atoms with Gasteiger partial charge in [-0.05, 0) is 6.07 Å². The second kappa shape index (κ2) is 9.28. The van der Waals surface area contributed by atoms with Gasteiger partial charge in [-0.15, -0.1) is 0 Å². The Morgan fingerprint density at radius 3 is 2.63 bits per heavy atom. The molecule has 0 aliphatic carbocycles. The molecule has 27 heavy (non-hydrogen) atoms. The van der Waals surface area contributed by atoms with E-state index in [4.69, 9.17) is 21.1 Å². The van der Waals surface area contributed by atoms with Crippen molar-refractivity contribution in [3.63, 3.8) is 0 Å². The fraction of sp³-hybridized carbons (Fsp3) is 0.438. The van der Waals surface area contributed by atoms with Gasteiger partial charge in [-0.2, -0.15) is 0 Å². The van der Waals surface area contributed by atoms with Crippen LogP contribution in [0.3, 0.4) is 0 Å². The Kier molecular flexibility index (Phi) is 7.08. The topological polar surface area (TPSA) is 119 Å². The average Bonchev–Trinajstić information content (AvgIpc) is 2.66. The zero-order valence-electron chi connectivity index (χ0n) is 14.6. The summed E-state index contributed by atoms with van der Waals surface area (Å²) in [5.74, 6) is -1.79.